The molecule has 3 aromatic rings. The fourth-order valence-corrected chi connectivity index (χ4v) is 2.40. The van der Waals surface area contributed by atoms with Crippen LogP contribution in [-0.4, -0.2) is 26.0 Å². The van der Waals surface area contributed by atoms with Crippen LogP contribution in [0, 0.1) is 6.92 Å². The number of aromatic nitrogens is 4. The van der Waals surface area contributed by atoms with Gasteiger partial charge in [0.25, 0.3) is 5.91 Å². The van der Waals surface area contributed by atoms with Gasteiger partial charge in [0.1, 0.15) is 0 Å². The Hall–Kier alpha value is -3.09. The van der Waals surface area contributed by atoms with Gasteiger partial charge in [-0.3, -0.25) is 14.8 Å². The number of hydrogen-bond acceptors (Lipinski definition) is 6. The lowest BCUT2D eigenvalue weighted by Crippen LogP contribution is -2.23. The summed E-state index contributed by atoms with van der Waals surface area (Å²) in [6, 6.07) is 7.14. The Morgan fingerprint density at radius 3 is 2.68 bits per heavy atom. The van der Waals surface area contributed by atoms with Crippen molar-refractivity contribution in [3.05, 3.63) is 59.5 Å². The minimum absolute atomic E-state index is 0.166. The van der Waals surface area contributed by atoms with Crippen molar-refractivity contribution in [2.75, 3.05) is 0 Å². The van der Waals surface area contributed by atoms with Gasteiger partial charge in [-0.15, -0.1) is 0 Å². The number of amides is 1. The van der Waals surface area contributed by atoms with Crippen molar-refractivity contribution in [3.8, 4) is 11.4 Å². The minimum atomic E-state index is -0.166. The zero-order valence-electron chi connectivity index (χ0n) is 13.8. The van der Waals surface area contributed by atoms with E-state index in [9.17, 15) is 4.79 Å². The van der Waals surface area contributed by atoms with Gasteiger partial charge in [0.05, 0.1) is 24.1 Å². The standard InChI is InChI=1S/C18H17N5O2/c1-11-8-20-15(9-19-11)10-21-17(24)13-4-2-12(3-5-13)16-22-18(25-23-16)14-6-7-14/h2-5,8-9,14H,6-7,10H2,1H3,(H,21,24). The Kier molecular flexibility index (Phi) is 3.97. The summed E-state index contributed by atoms with van der Waals surface area (Å²) in [5, 5.41) is 6.83. The lowest BCUT2D eigenvalue weighted by Gasteiger charge is -2.05. The first kappa shape index (κ1) is 15.4. The molecule has 2 heterocycles. The van der Waals surface area contributed by atoms with Crippen molar-refractivity contribution in [3.63, 3.8) is 0 Å². The first-order valence-electron chi connectivity index (χ1n) is 8.19. The maximum absolute atomic E-state index is 12.2. The van der Waals surface area contributed by atoms with E-state index in [0.717, 1.165) is 29.8 Å². The molecule has 7 heteroatoms. The van der Waals surface area contributed by atoms with Gasteiger partial charge in [0, 0.05) is 23.2 Å². The molecule has 0 radical (unpaired) electrons. The highest BCUT2D eigenvalue weighted by Crippen LogP contribution is 2.39. The molecule has 126 valence electrons. The molecule has 0 aliphatic heterocycles. The van der Waals surface area contributed by atoms with E-state index in [2.05, 4.69) is 25.4 Å². The highest BCUT2D eigenvalue weighted by atomic mass is 16.5. The van der Waals surface area contributed by atoms with Crippen LogP contribution in [0.3, 0.4) is 0 Å². The molecule has 1 aliphatic carbocycles. The van der Waals surface area contributed by atoms with E-state index in [1.54, 1.807) is 24.5 Å². The smallest absolute Gasteiger partial charge is 0.251 e. The number of nitrogens with one attached hydrogen (secondary N) is 1. The Labute approximate surface area is 144 Å². The van der Waals surface area contributed by atoms with Gasteiger partial charge in [-0.05, 0) is 31.9 Å². The zero-order chi connectivity index (χ0) is 17.2. The van der Waals surface area contributed by atoms with Crippen molar-refractivity contribution >= 4 is 5.91 Å². The number of hydrogen-bond donors (Lipinski definition) is 1. The van der Waals surface area contributed by atoms with E-state index in [1.165, 1.54) is 0 Å². The lowest BCUT2D eigenvalue weighted by molar-refractivity contribution is 0.0950. The lowest BCUT2D eigenvalue weighted by atomic mass is 10.1. The second-order valence-corrected chi connectivity index (χ2v) is 6.14. The third-order valence-electron chi connectivity index (χ3n) is 4.04. The quantitative estimate of drug-likeness (QED) is 0.770. The normalized spacial score (nSPS) is 13.6. The molecule has 7 nitrogen and oxygen atoms in total. The SMILES string of the molecule is Cc1cnc(CNC(=O)c2ccc(-c3noc(C4CC4)n3)cc2)cn1. The molecule has 0 atom stereocenters. The molecule has 1 aromatic carbocycles. The van der Waals surface area contributed by atoms with Crippen molar-refractivity contribution in [1.82, 2.24) is 25.4 Å². The highest BCUT2D eigenvalue weighted by molar-refractivity contribution is 5.94. The molecule has 0 unspecified atom stereocenters. The van der Waals surface area contributed by atoms with Crippen LogP contribution in [0.15, 0.2) is 41.2 Å². The van der Waals surface area contributed by atoms with Crippen LogP contribution in [-0.2, 0) is 6.54 Å². The summed E-state index contributed by atoms with van der Waals surface area (Å²) in [6.45, 7) is 2.21. The van der Waals surface area contributed by atoms with Crippen LogP contribution in [0.25, 0.3) is 11.4 Å². The van der Waals surface area contributed by atoms with Crippen molar-refractivity contribution in [2.45, 2.75) is 32.2 Å². The summed E-state index contributed by atoms with van der Waals surface area (Å²) in [4.78, 5) is 25.0. The summed E-state index contributed by atoms with van der Waals surface area (Å²) >= 11 is 0. The molecule has 1 N–H and O–H groups in total. The summed E-state index contributed by atoms with van der Waals surface area (Å²) < 4.78 is 5.26. The first-order valence-corrected chi connectivity index (χ1v) is 8.19. The van der Waals surface area contributed by atoms with Gasteiger partial charge < -0.3 is 9.84 Å². The van der Waals surface area contributed by atoms with E-state index >= 15 is 0 Å². The third-order valence-corrected chi connectivity index (χ3v) is 4.04. The van der Waals surface area contributed by atoms with Crippen LogP contribution < -0.4 is 5.32 Å². The molecule has 0 spiro atoms. The van der Waals surface area contributed by atoms with Crippen molar-refractivity contribution in [1.29, 1.82) is 0 Å². The summed E-state index contributed by atoms with van der Waals surface area (Å²) in [5.74, 6) is 1.52. The molecule has 25 heavy (non-hydrogen) atoms. The second kappa shape index (κ2) is 6.43. The van der Waals surface area contributed by atoms with Crippen LogP contribution >= 0.6 is 0 Å². The highest BCUT2D eigenvalue weighted by Gasteiger charge is 2.29. The van der Waals surface area contributed by atoms with Gasteiger partial charge in [0.15, 0.2) is 0 Å². The molecule has 0 saturated heterocycles. The molecule has 1 saturated carbocycles. The van der Waals surface area contributed by atoms with E-state index in [-0.39, 0.29) is 5.91 Å². The maximum atomic E-state index is 12.2. The maximum Gasteiger partial charge on any atom is 0.251 e. The number of aryl methyl sites for hydroxylation is 1. The van der Waals surface area contributed by atoms with Crippen molar-refractivity contribution in [2.24, 2.45) is 0 Å². The van der Waals surface area contributed by atoms with Gasteiger partial charge in [-0.1, -0.05) is 17.3 Å². The summed E-state index contributed by atoms with van der Waals surface area (Å²) in [6.07, 6.45) is 5.57. The minimum Gasteiger partial charge on any atom is -0.346 e. The molecule has 1 fully saturated rings. The number of nitrogens with zero attached hydrogens (tertiary/aromatic N) is 4. The molecule has 2 aromatic heterocycles. The third kappa shape index (κ3) is 3.55. The zero-order valence-corrected chi connectivity index (χ0v) is 13.8. The van der Waals surface area contributed by atoms with E-state index < -0.39 is 0 Å². The summed E-state index contributed by atoms with van der Waals surface area (Å²) in [7, 11) is 0. The topological polar surface area (TPSA) is 93.8 Å². The van der Waals surface area contributed by atoms with E-state index in [0.29, 0.717) is 29.7 Å². The number of carbonyl (C=O) groups is 1. The van der Waals surface area contributed by atoms with Crippen LogP contribution in [0.4, 0.5) is 0 Å². The molecule has 1 amide bonds. The molecule has 4 rings (SSSR count). The molecule has 0 bridgehead atoms. The fraction of sp³-hybridized carbons (Fsp3) is 0.278. The van der Waals surface area contributed by atoms with Crippen LogP contribution in [0.5, 0.6) is 0 Å². The van der Waals surface area contributed by atoms with Gasteiger partial charge in [0.2, 0.25) is 11.7 Å². The molecular formula is C18H17N5O2. The Balaban J connectivity index is 1.40. The van der Waals surface area contributed by atoms with Gasteiger partial charge >= 0.3 is 0 Å². The summed E-state index contributed by atoms with van der Waals surface area (Å²) in [5.41, 5.74) is 2.96. The average Bonchev–Trinajstić information content (AvgIpc) is 3.38. The predicted octanol–water partition coefficient (Wildman–Crippen LogP) is 2.64. The van der Waals surface area contributed by atoms with Gasteiger partial charge in [-0.2, -0.15) is 4.98 Å². The number of rotatable bonds is 5. The second-order valence-electron chi connectivity index (χ2n) is 6.14. The predicted molar refractivity (Wildman–Crippen MR) is 89.6 cm³/mol. The monoisotopic (exact) mass is 335 g/mol. The van der Waals surface area contributed by atoms with Crippen LogP contribution in [0.2, 0.25) is 0 Å². The van der Waals surface area contributed by atoms with Crippen LogP contribution in [0.1, 0.15) is 46.4 Å². The van der Waals surface area contributed by atoms with E-state index in [4.69, 9.17) is 4.52 Å². The Morgan fingerprint density at radius 2 is 2.00 bits per heavy atom. The molecule has 1 aliphatic rings. The Bertz CT molecular complexity index is 883. The van der Waals surface area contributed by atoms with Gasteiger partial charge in [-0.25, -0.2) is 0 Å². The van der Waals surface area contributed by atoms with E-state index in [1.807, 2.05) is 19.1 Å². The average molecular weight is 335 g/mol. The number of benzene rings is 1. The first-order chi connectivity index (χ1) is 12.2. The molecular weight excluding hydrogens is 318 g/mol. The fourth-order valence-electron chi connectivity index (χ4n) is 2.40. The number of carbonyl (C=O) groups excluding carboxylic acids is 1. The van der Waals surface area contributed by atoms with Crippen molar-refractivity contribution < 1.29 is 9.32 Å². The largest absolute Gasteiger partial charge is 0.346 e. The Morgan fingerprint density at radius 1 is 1.20 bits per heavy atom.